The highest BCUT2D eigenvalue weighted by Crippen LogP contribution is 2.23. The van der Waals surface area contributed by atoms with Crippen molar-refractivity contribution < 1.29 is 4.79 Å². The third kappa shape index (κ3) is 2.04. The number of carbonyl (C=O) groups is 1. The highest BCUT2D eigenvalue weighted by Gasteiger charge is 2.21. The van der Waals surface area contributed by atoms with E-state index in [4.69, 9.17) is 0 Å². The number of anilines is 1. The molecule has 3 rings (SSSR count). The molecule has 0 saturated heterocycles. The molecule has 18 heavy (non-hydrogen) atoms. The summed E-state index contributed by atoms with van der Waals surface area (Å²) in [6.45, 7) is 1.85. The van der Waals surface area contributed by atoms with Crippen molar-refractivity contribution in [1.82, 2.24) is 15.1 Å². The lowest BCUT2D eigenvalue weighted by Gasteiger charge is -2.21. The minimum atomic E-state index is -0.0850. The number of amides is 1. The first-order valence-electron chi connectivity index (χ1n) is 5.83. The molecule has 6 heteroatoms. The van der Waals surface area contributed by atoms with Gasteiger partial charge in [-0.1, -0.05) is 6.07 Å². The fourth-order valence-electron chi connectivity index (χ4n) is 2.13. The van der Waals surface area contributed by atoms with Gasteiger partial charge < -0.3 is 10.2 Å². The van der Waals surface area contributed by atoms with Gasteiger partial charge in [0.25, 0.3) is 5.91 Å². The maximum Gasteiger partial charge on any atom is 0.266 e. The van der Waals surface area contributed by atoms with Crippen LogP contribution >= 0.6 is 11.3 Å². The summed E-state index contributed by atoms with van der Waals surface area (Å²) in [5.74, 6) is 0.592. The summed E-state index contributed by atoms with van der Waals surface area (Å²) >= 11 is 1.43. The summed E-state index contributed by atoms with van der Waals surface area (Å²) in [4.78, 5) is 14.9. The molecule has 0 atom stereocenters. The number of nitrogens with zero attached hydrogens (tertiary/aromatic N) is 2. The summed E-state index contributed by atoms with van der Waals surface area (Å²) < 4.78 is 0. The topological polar surface area (TPSA) is 61.0 Å². The summed E-state index contributed by atoms with van der Waals surface area (Å²) in [6, 6.07) is 3.68. The Morgan fingerprint density at radius 2 is 2.50 bits per heavy atom. The minimum absolute atomic E-state index is 0.0850. The Labute approximate surface area is 109 Å². The quantitative estimate of drug-likeness (QED) is 0.866. The molecular weight excluding hydrogens is 248 g/mol. The third-order valence-corrected chi connectivity index (χ3v) is 3.97. The Balaban J connectivity index is 1.80. The van der Waals surface area contributed by atoms with E-state index in [9.17, 15) is 4.79 Å². The molecule has 0 aromatic carbocycles. The van der Waals surface area contributed by atoms with Gasteiger partial charge in [0.05, 0.1) is 10.6 Å². The molecule has 0 fully saturated rings. The zero-order valence-electron chi connectivity index (χ0n) is 10.1. The van der Waals surface area contributed by atoms with Gasteiger partial charge in [-0.25, -0.2) is 0 Å². The van der Waals surface area contributed by atoms with Crippen LogP contribution in [0.3, 0.4) is 0 Å². The van der Waals surface area contributed by atoms with E-state index >= 15 is 0 Å². The van der Waals surface area contributed by atoms with Crippen LogP contribution in [0, 0.1) is 0 Å². The summed E-state index contributed by atoms with van der Waals surface area (Å²) in [6.07, 6.45) is 0.919. The van der Waals surface area contributed by atoms with Crippen LogP contribution in [-0.4, -0.2) is 34.6 Å². The molecular formula is C12H14N4OS. The predicted molar refractivity (Wildman–Crippen MR) is 70.9 cm³/mol. The third-order valence-electron chi connectivity index (χ3n) is 3.10. The Bertz CT molecular complexity index is 561. The number of rotatable bonds is 2. The first-order chi connectivity index (χ1) is 8.74. The van der Waals surface area contributed by atoms with E-state index in [0.29, 0.717) is 10.7 Å². The first kappa shape index (κ1) is 11.4. The number of H-pyrrole nitrogens is 1. The molecule has 5 nitrogen and oxygen atoms in total. The maximum atomic E-state index is 12.0. The molecule has 0 bridgehead atoms. The van der Waals surface area contributed by atoms with Crippen LogP contribution in [0.2, 0.25) is 0 Å². The smallest absolute Gasteiger partial charge is 0.266 e. The van der Waals surface area contributed by atoms with E-state index in [0.717, 1.165) is 30.8 Å². The van der Waals surface area contributed by atoms with Crippen LogP contribution in [0.5, 0.6) is 0 Å². The van der Waals surface area contributed by atoms with Gasteiger partial charge in [0, 0.05) is 18.7 Å². The molecule has 1 aliphatic heterocycles. The van der Waals surface area contributed by atoms with Crippen LogP contribution < -0.4 is 5.32 Å². The molecule has 0 unspecified atom stereocenters. The standard InChI is InChI=1S/C12H14N4OS/c1-16-5-4-8-9(7-16)14-15-11(8)13-12(17)10-3-2-6-18-10/h2-3,6H,4-5,7H2,1H3,(H2,13,14,15,17). The average molecular weight is 262 g/mol. The van der Waals surface area contributed by atoms with Crippen molar-refractivity contribution in [2.75, 3.05) is 18.9 Å². The van der Waals surface area contributed by atoms with Gasteiger partial charge in [-0.05, 0) is 24.9 Å². The zero-order chi connectivity index (χ0) is 12.5. The second kappa shape index (κ2) is 4.55. The largest absolute Gasteiger partial charge is 0.304 e. The molecule has 0 saturated carbocycles. The summed E-state index contributed by atoms with van der Waals surface area (Å²) in [5.41, 5.74) is 2.24. The Morgan fingerprint density at radius 3 is 3.28 bits per heavy atom. The highest BCUT2D eigenvalue weighted by atomic mass is 32.1. The molecule has 1 aliphatic rings. The van der Waals surface area contributed by atoms with Crippen LogP contribution in [0.4, 0.5) is 5.82 Å². The van der Waals surface area contributed by atoms with Crippen LogP contribution in [-0.2, 0) is 13.0 Å². The molecule has 2 aromatic rings. The van der Waals surface area contributed by atoms with Crippen molar-refractivity contribution in [3.05, 3.63) is 33.6 Å². The van der Waals surface area contributed by atoms with Gasteiger partial charge in [0.15, 0.2) is 5.82 Å². The van der Waals surface area contributed by atoms with Crippen molar-refractivity contribution in [2.45, 2.75) is 13.0 Å². The molecule has 0 spiro atoms. The van der Waals surface area contributed by atoms with Crippen molar-refractivity contribution >= 4 is 23.1 Å². The number of fused-ring (bicyclic) bond motifs is 1. The number of aromatic nitrogens is 2. The number of nitrogens with one attached hydrogen (secondary N) is 2. The first-order valence-corrected chi connectivity index (χ1v) is 6.71. The fraction of sp³-hybridized carbons (Fsp3) is 0.333. The lowest BCUT2D eigenvalue weighted by molar-refractivity contribution is 0.103. The van der Waals surface area contributed by atoms with E-state index in [-0.39, 0.29) is 5.91 Å². The maximum absolute atomic E-state index is 12.0. The molecule has 1 amide bonds. The van der Waals surface area contributed by atoms with Crippen molar-refractivity contribution in [3.63, 3.8) is 0 Å². The van der Waals surface area contributed by atoms with Gasteiger partial charge in [0.1, 0.15) is 0 Å². The normalized spacial score (nSPS) is 15.4. The predicted octanol–water partition coefficient (Wildman–Crippen LogP) is 1.71. The lowest BCUT2D eigenvalue weighted by atomic mass is 10.1. The average Bonchev–Trinajstić information content (AvgIpc) is 2.98. The van der Waals surface area contributed by atoms with Crippen molar-refractivity contribution in [1.29, 1.82) is 0 Å². The number of hydrogen-bond donors (Lipinski definition) is 2. The molecule has 2 N–H and O–H groups in total. The van der Waals surface area contributed by atoms with Gasteiger partial charge in [-0.3, -0.25) is 9.89 Å². The molecule has 0 radical (unpaired) electrons. The highest BCUT2D eigenvalue weighted by molar-refractivity contribution is 7.12. The van der Waals surface area contributed by atoms with E-state index in [1.165, 1.54) is 11.3 Å². The molecule has 0 aliphatic carbocycles. The summed E-state index contributed by atoms with van der Waals surface area (Å²) in [5, 5.41) is 12.0. The number of aromatic amines is 1. The van der Waals surface area contributed by atoms with E-state index < -0.39 is 0 Å². The summed E-state index contributed by atoms with van der Waals surface area (Å²) in [7, 11) is 2.08. The second-order valence-electron chi connectivity index (χ2n) is 4.45. The van der Waals surface area contributed by atoms with Crippen LogP contribution in [0.15, 0.2) is 17.5 Å². The van der Waals surface area contributed by atoms with E-state index in [2.05, 4.69) is 27.5 Å². The number of likely N-dealkylation sites (N-methyl/N-ethyl adjacent to an activating group) is 1. The van der Waals surface area contributed by atoms with Gasteiger partial charge in [-0.15, -0.1) is 11.3 Å². The fourth-order valence-corrected chi connectivity index (χ4v) is 2.75. The lowest BCUT2D eigenvalue weighted by Crippen LogP contribution is -2.26. The van der Waals surface area contributed by atoms with E-state index in [1.54, 1.807) is 0 Å². The van der Waals surface area contributed by atoms with Crippen molar-refractivity contribution in [2.24, 2.45) is 0 Å². The Morgan fingerprint density at radius 1 is 1.61 bits per heavy atom. The SMILES string of the molecule is CN1CCc2c(NC(=O)c3cccs3)n[nH]c2C1. The van der Waals surface area contributed by atoms with Gasteiger partial charge in [0.2, 0.25) is 0 Å². The minimum Gasteiger partial charge on any atom is -0.304 e. The monoisotopic (exact) mass is 262 g/mol. The second-order valence-corrected chi connectivity index (χ2v) is 5.40. The van der Waals surface area contributed by atoms with Crippen molar-refractivity contribution in [3.8, 4) is 0 Å². The van der Waals surface area contributed by atoms with Gasteiger partial charge >= 0.3 is 0 Å². The molecule has 3 heterocycles. The molecule has 2 aromatic heterocycles. The Hall–Kier alpha value is -1.66. The number of carbonyl (C=O) groups excluding carboxylic acids is 1. The van der Waals surface area contributed by atoms with Crippen LogP contribution in [0.1, 0.15) is 20.9 Å². The zero-order valence-corrected chi connectivity index (χ0v) is 10.9. The Kier molecular flexibility index (Phi) is 2.89. The van der Waals surface area contributed by atoms with Gasteiger partial charge in [-0.2, -0.15) is 5.10 Å². The van der Waals surface area contributed by atoms with E-state index in [1.807, 2.05) is 17.5 Å². The van der Waals surface area contributed by atoms with Crippen LogP contribution in [0.25, 0.3) is 0 Å². The number of hydrogen-bond acceptors (Lipinski definition) is 4. The number of thiophene rings is 1. The molecule has 94 valence electrons.